The molecule has 2 fully saturated rings. The third-order valence-electron chi connectivity index (χ3n) is 4.96. The molecule has 0 saturated carbocycles. The average molecular weight is 474 g/mol. The zero-order valence-electron chi connectivity index (χ0n) is 21.0. The van der Waals surface area contributed by atoms with Gasteiger partial charge in [-0.1, -0.05) is 0 Å². The van der Waals surface area contributed by atoms with Crippen LogP contribution < -0.4 is 0 Å². The van der Waals surface area contributed by atoms with Crippen LogP contribution in [0.15, 0.2) is 0 Å². The number of carbonyl (C=O) groups is 4. The molecule has 2 atom stereocenters. The molecule has 2 aliphatic rings. The molecule has 2 heterocycles. The number of ether oxygens (including phenoxy) is 2. The normalized spacial score (nSPS) is 20.6. The quantitative estimate of drug-likeness (QED) is 0.620. The Morgan fingerprint density at radius 3 is 1.55 bits per heavy atom. The van der Waals surface area contributed by atoms with Crippen molar-refractivity contribution in [2.24, 2.45) is 11.8 Å². The lowest BCUT2D eigenvalue weighted by molar-refractivity contribution is -0.172. The molecule has 2 rings (SSSR count). The van der Waals surface area contributed by atoms with Crippen molar-refractivity contribution in [1.82, 2.24) is 14.9 Å². The molecule has 0 aliphatic carbocycles. The number of rotatable bonds is 3. The van der Waals surface area contributed by atoms with E-state index in [1.165, 1.54) is 17.1 Å². The fourth-order valence-corrected chi connectivity index (χ4v) is 3.26. The molecule has 33 heavy (non-hydrogen) atoms. The minimum Gasteiger partial charge on any atom is -0.481 e. The van der Waals surface area contributed by atoms with E-state index < -0.39 is 29.2 Å². The maximum absolute atomic E-state index is 11.9. The number of amides is 3. The third kappa shape index (κ3) is 9.85. The Kier molecular flexibility index (Phi) is 9.95. The monoisotopic (exact) mass is 473 g/mol. The van der Waals surface area contributed by atoms with Gasteiger partial charge < -0.3 is 24.4 Å². The minimum absolute atomic E-state index is 0.108. The first-order valence-corrected chi connectivity index (χ1v) is 11.0. The lowest BCUT2D eigenvalue weighted by Gasteiger charge is -2.24. The molecule has 0 aromatic carbocycles. The van der Waals surface area contributed by atoms with Crippen LogP contribution in [0.3, 0.4) is 0 Å². The molecule has 11 heteroatoms. The summed E-state index contributed by atoms with van der Waals surface area (Å²) in [4.78, 5) is 53.7. The molecule has 190 valence electrons. The molecular formula is C22H39N3O8. The van der Waals surface area contributed by atoms with Gasteiger partial charge in [0.05, 0.1) is 18.9 Å². The Hall–Kier alpha value is -2.56. The van der Waals surface area contributed by atoms with Crippen LogP contribution in [0.2, 0.25) is 0 Å². The summed E-state index contributed by atoms with van der Waals surface area (Å²) >= 11 is 0. The predicted molar refractivity (Wildman–Crippen MR) is 119 cm³/mol. The number of hydroxylamine groups is 2. The summed E-state index contributed by atoms with van der Waals surface area (Å²) in [5, 5.41) is 9.96. The topological polar surface area (TPSA) is 126 Å². The Labute approximate surface area is 195 Å². The van der Waals surface area contributed by atoms with Gasteiger partial charge in [-0.15, -0.1) is 0 Å². The second-order valence-electron chi connectivity index (χ2n) is 10.2. The lowest BCUT2D eigenvalue weighted by atomic mass is 10.1. The van der Waals surface area contributed by atoms with E-state index in [4.69, 9.17) is 19.4 Å². The average Bonchev–Trinajstić information content (AvgIpc) is 3.34. The summed E-state index contributed by atoms with van der Waals surface area (Å²) in [6.07, 6.45) is 0.365. The molecule has 0 spiro atoms. The molecule has 11 nitrogen and oxygen atoms in total. The molecule has 1 N–H and O–H groups in total. The first kappa shape index (κ1) is 28.5. The van der Waals surface area contributed by atoms with Crippen molar-refractivity contribution in [2.75, 3.05) is 40.3 Å². The number of nitrogens with zero attached hydrogens (tertiary/aromatic N) is 3. The molecule has 2 unspecified atom stereocenters. The zero-order valence-corrected chi connectivity index (χ0v) is 21.0. The predicted octanol–water partition coefficient (Wildman–Crippen LogP) is 2.59. The molecule has 0 radical (unpaired) electrons. The maximum Gasteiger partial charge on any atom is 0.410 e. The summed E-state index contributed by atoms with van der Waals surface area (Å²) < 4.78 is 10.4. The molecule has 0 bridgehead atoms. The van der Waals surface area contributed by atoms with E-state index in [1.807, 2.05) is 20.8 Å². The molecule has 2 saturated heterocycles. The van der Waals surface area contributed by atoms with Crippen LogP contribution in [0, 0.1) is 11.8 Å². The highest BCUT2D eigenvalue weighted by molar-refractivity contribution is 5.79. The van der Waals surface area contributed by atoms with Crippen LogP contribution in [-0.2, 0) is 23.9 Å². The SMILES string of the molecule is CC(C)(C)OC(=O)N1CCC(C(=O)O)C1.CON(C)C(=O)C1CCN(C(=O)OC(C)(C)C)C1. The summed E-state index contributed by atoms with van der Waals surface area (Å²) in [5.41, 5.74) is -1.04. The number of hydrogen-bond donors (Lipinski definition) is 1. The van der Waals surface area contributed by atoms with Gasteiger partial charge in [0, 0.05) is 33.2 Å². The number of carboxylic acids is 1. The van der Waals surface area contributed by atoms with Crippen molar-refractivity contribution >= 4 is 24.1 Å². The van der Waals surface area contributed by atoms with Gasteiger partial charge in [-0.05, 0) is 54.4 Å². The summed E-state index contributed by atoms with van der Waals surface area (Å²) in [5.74, 6) is -1.61. The Bertz CT molecular complexity index is 713. The van der Waals surface area contributed by atoms with Gasteiger partial charge in [0.15, 0.2) is 0 Å². The smallest absolute Gasteiger partial charge is 0.410 e. The third-order valence-corrected chi connectivity index (χ3v) is 4.96. The van der Waals surface area contributed by atoms with Crippen LogP contribution >= 0.6 is 0 Å². The van der Waals surface area contributed by atoms with Crippen molar-refractivity contribution in [3.63, 3.8) is 0 Å². The van der Waals surface area contributed by atoms with Crippen LogP contribution in [0.5, 0.6) is 0 Å². The number of carboxylic acid groups (broad SMARTS) is 1. The fourth-order valence-electron chi connectivity index (χ4n) is 3.26. The summed E-state index contributed by atoms with van der Waals surface area (Å²) in [7, 11) is 3.01. The minimum atomic E-state index is -0.846. The van der Waals surface area contributed by atoms with E-state index in [0.29, 0.717) is 32.5 Å². The van der Waals surface area contributed by atoms with E-state index in [2.05, 4.69) is 0 Å². The zero-order chi connectivity index (χ0) is 25.6. The highest BCUT2D eigenvalue weighted by atomic mass is 16.7. The second-order valence-corrected chi connectivity index (χ2v) is 10.2. The van der Waals surface area contributed by atoms with Crippen LogP contribution in [0.25, 0.3) is 0 Å². The van der Waals surface area contributed by atoms with Gasteiger partial charge in [0.2, 0.25) is 0 Å². The fraction of sp³-hybridized carbons (Fsp3) is 0.818. The highest BCUT2D eigenvalue weighted by Crippen LogP contribution is 2.21. The van der Waals surface area contributed by atoms with Gasteiger partial charge >= 0.3 is 18.2 Å². The van der Waals surface area contributed by atoms with Crippen molar-refractivity contribution in [3.8, 4) is 0 Å². The van der Waals surface area contributed by atoms with Gasteiger partial charge in [0.25, 0.3) is 5.91 Å². The number of likely N-dealkylation sites (tertiary alicyclic amines) is 2. The molecule has 2 aliphatic heterocycles. The molecule has 0 aromatic rings. The van der Waals surface area contributed by atoms with Crippen molar-refractivity contribution < 1.29 is 38.6 Å². The Morgan fingerprint density at radius 1 is 0.818 bits per heavy atom. The van der Waals surface area contributed by atoms with Gasteiger partial charge in [-0.2, -0.15) is 0 Å². The van der Waals surface area contributed by atoms with Gasteiger partial charge in [0.1, 0.15) is 11.2 Å². The first-order valence-electron chi connectivity index (χ1n) is 11.0. The van der Waals surface area contributed by atoms with Gasteiger partial charge in [-0.25, -0.2) is 14.7 Å². The van der Waals surface area contributed by atoms with Crippen molar-refractivity contribution in [1.29, 1.82) is 0 Å². The van der Waals surface area contributed by atoms with E-state index in [9.17, 15) is 19.2 Å². The number of carbonyl (C=O) groups excluding carboxylic acids is 3. The Balaban J connectivity index is 0.000000335. The largest absolute Gasteiger partial charge is 0.481 e. The summed E-state index contributed by atoms with van der Waals surface area (Å²) in [6.45, 7) is 12.5. The molecule has 3 amide bonds. The van der Waals surface area contributed by atoms with E-state index in [1.54, 1.807) is 32.7 Å². The van der Waals surface area contributed by atoms with Gasteiger partial charge in [-0.3, -0.25) is 14.4 Å². The number of aliphatic carboxylic acids is 1. The standard InChI is InChI=1S/C12H22N2O4.C10H17NO4/c1-12(2,3)18-11(16)14-7-6-9(8-14)10(15)13(4)17-5;1-10(2,3)15-9(14)11-5-4-7(6-11)8(12)13/h9H,6-8H2,1-5H3;7H,4-6H2,1-3H3,(H,12,13). The molecular weight excluding hydrogens is 434 g/mol. The molecule has 0 aromatic heterocycles. The van der Waals surface area contributed by atoms with Crippen LogP contribution in [0.4, 0.5) is 9.59 Å². The lowest BCUT2D eigenvalue weighted by Crippen LogP contribution is -2.37. The van der Waals surface area contributed by atoms with E-state index in [-0.39, 0.29) is 24.5 Å². The maximum atomic E-state index is 11.9. The van der Waals surface area contributed by atoms with E-state index in [0.717, 1.165) is 0 Å². The second kappa shape index (κ2) is 11.5. The van der Waals surface area contributed by atoms with Crippen LogP contribution in [-0.4, -0.2) is 95.6 Å². The van der Waals surface area contributed by atoms with E-state index >= 15 is 0 Å². The number of hydrogen-bond acceptors (Lipinski definition) is 7. The first-order chi connectivity index (χ1) is 15.0. The van der Waals surface area contributed by atoms with Crippen molar-refractivity contribution in [2.45, 2.75) is 65.6 Å². The van der Waals surface area contributed by atoms with Crippen LogP contribution in [0.1, 0.15) is 54.4 Å². The van der Waals surface area contributed by atoms with Crippen molar-refractivity contribution in [3.05, 3.63) is 0 Å². The summed E-state index contributed by atoms with van der Waals surface area (Å²) in [6, 6.07) is 0. The highest BCUT2D eigenvalue weighted by Gasteiger charge is 2.35. The Morgan fingerprint density at radius 2 is 1.21 bits per heavy atom.